The molecule has 13 nitrogen and oxygen atoms in total. The van der Waals surface area contributed by atoms with Gasteiger partial charge >= 0.3 is 6.09 Å². The van der Waals surface area contributed by atoms with Crippen LogP contribution in [0.3, 0.4) is 0 Å². The van der Waals surface area contributed by atoms with Crippen LogP contribution in [0.2, 0.25) is 0 Å². The Balaban J connectivity index is 1.26. The van der Waals surface area contributed by atoms with Crippen molar-refractivity contribution in [3.63, 3.8) is 0 Å². The fourth-order valence-electron chi connectivity index (χ4n) is 5.87. The van der Waals surface area contributed by atoms with E-state index in [-0.39, 0.29) is 17.8 Å². The number of carbonyl (C=O) groups is 2. The standard InChI is InChI=1S/C33H34BrN8O5P/c1-20(43)22-17-26(28(46-2)18-27(22)41-14-9-21(10-15-41)42-13-5-6-16-47-33(42)44)39-32-37-19-23(34)31(40-32)38-25-8-7-24-29(36-12-11-35-24)30(25)48(3,4)45/h5-8,11-13,16-19,21H,9-10,14-15H2,1-4H3,(H2,37,38,39,40). The number of ketones is 1. The van der Waals surface area contributed by atoms with E-state index in [0.29, 0.717) is 75.2 Å². The molecule has 48 heavy (non-hydrogen) atoms. The molecule has 0 atom stereocenters. The molecule has 15 heteroatoms. The van der Waals surface area contributed by atoms with Crippen molar-refractivity contribution in [2.45, 2.75) is 25.8 Å². The first-order chi connectivity index (χ1) is 23.0. The summed E-state index contributed by atoms with van der Waals surface area (Å²) in [4.78, 5) is 47.0. The number of amides is 1. The van der Waals surface area contributed by atoms with E-state index < -0.39 is 13.2 Å². The maximum absolute atomic E-state index is 13.4. The Morgan fingerprint density at radius 2 is 1.83 bits per heavy atom. The number of fused-ring (bicyclic) bond motifs is 1. The zero-order valence-electron chi connectivity index (χ0n) is 26.8. The minimum Gasteiger partial charge on any atom is -0.494 e. The van der Waals surface area contributed by atoms with E-state index in [0.717, 1.165) is 5.69 Å². The number of hydrogen-bond acceptors (Lipinski definition) is 12. The van der Waals surface area contributed by atoms with E-state index >= 15 is 0 Å². The molecule has 2 aliphatic rings. The van der Waals surface area contributed by atoms with Crippen molar-refractivity contribution in [2.24, 2.45) is 0 Å². The normalized spacial score (nSPS) is 15.3. The molecule has 2 aromatic carbocycles. The van der Waals surface area contributed by atoms with Gasteiger partial charge in [-0.1, -0.05) is 0 Å². The van der Waals surface area contributed by atoms with Gasteiger partial charge in [0.1, 0.15) is 24.2 Å². The minimum absolute atomic E-state index is 0.0222. The maximum Gasteiger partial charge on any atom is 0.418 e. The number of benzene rings is 2. The number of hydrogen-bond donors (Lipinski definition) is 2. The lowest BCUT2D eigenvalue weighted by atomic mass is 10.00. The van der Waals surface area contributed by atoms with Crippen LogP contribution in [-0.4, -0.2) is 76.3 Å². The number of Topliss-reactive ketones (excluding diaryl/α,β-unsaturated/α-hetero) is 1. The Morgan fingerprint density at radius 3 is 2.56 bits per heavy atom. The average Bonchev–Trinajstić information content (AvgIpc) is 3.29. The van der Waals surface area contributed by atoms with Crippen LogP contribution >= 0.6 is 23.1 Å². The van der Waals surface area contributed by atoms with Gasteiger partial charge in [-0.05, 0) is 79.4 Å². The van der Waals surface area contributed by atoms with E-state index in [9.17, 15) is 14.2 Å². The molecule has 248 valence electrons. The third-order valence-corrected chi connectivity index (χ3v) is 10.2. The van der Waals surface area contributed by atoms with Gasteiger partial charge in [-0.15, -0.1) is 0 Å². The van der Waals surface area contributed by atoms with Crippen LogP contribution in [0, 0.1) is 0 Å². The fraction of sp³-hybridized carbons (Fsp3) is 0.273. The van der Waals surface area contributed by atoms with Crippen LogP contribution in [0.1, 0.15) is 30.1 Å². The molecular weight excluding hydrogens is 699 g/mol. The third kappa shape index (κ3) is 6.90. The van der Waals surface area contributed by atoms with Crippen LogP contribution in [0.4, 0.5) is 33.6 Å². The number of nitrogens with zero attached hydrogens (tertiary/aromatic N) is 6. The van der Waals surface area contributed by atoms with Gasteiger partial charge in [0.25, 0.3) is 0 Å². The summed E-state index contributed by atoms with van der Waals surface area (Å²) in [6.07, 6.45) is 12.3. The van der Waals surface area contributed by atoms with Gasteiger partial charge in [-0.3, -0.25) is 19.7 Å². The second-order valence-electron chi connectivity index (χ2n) is 11.7. The minimum atomic E-state index is -2.80. The van der Waals surface area contributed by atoms with Crippen LogP contribution in [0.25, 0.3) is 11.0 Å². The Labute approximate surface area is 286 Å². The molecule has 6 rings (SSSR count). The smallest absolute Gasteiger partial charge is 0.418 e. The molecule has 0 bridgehead atoms. The summed E-state index contributed by atoms with van der Waals surface area (Å²) in [5.74, 6) is 1.05. The summed E-state index contributed by atoms with van der Waals surface area (Å²) in [5, 5.41) is 7.08. The molecule has 4 aromatic rings. The Morgan fingerprint density at radius 1 is 1.06 bits per heavy atom. The van der Waals surface area contributed by atoms with E-state index in [1.54, 1.807) is 68.3 Å². The number of ether oxygens (including phenoxy) is 2. The first-order valence-electron chi connectivity index (χ1n) is 15.2. The monoisotopic (exact) mass is 732 g/mol. The topological polar surface area (TPSA) is 152 Å². The second kappa shape index (κ2) is 13.7. The number of allylic oxidation sites excluding steroid dienone is 2. The van der Waals surface area contributed by atoms with Crippen LogP contribution in [0.15, 0.2) is 71.9 Å². The summed E-state index contributed by atoms with van der Waals surface area (Å²) in [6, 6.07) is 7.18. The van der Waals surface area contributed by atoms with Crippen LogP contribution in [-0.2, 0) is 9.30 Å². The van der Waals surface area contributed by atoms with Crippen molar-refractivity contribution >= 4 is 80.1 Å². The highest BCUT2D eigenvalue weighted by atomic mass is 79.9. The number of nitrogens with one attached hydrogen (secondary N) is 2. The molecule has 0 unspecified atom stereocenters. The number of carbonyl (C=O) groups excluding carboxylic acids is 2. The lowest BCUT2D eigenvalue weighted by Crippen LogP contribution is -2.45. The van der Waals surface area contributed by atoms with Gasteiger partial charge in [0, 0.05) is 55.6 Å². The molecule has 0 spiro atoms. The van der Waals surface area contributed by atoms with Gasteiger partial charge in [0.15, 0.2) is 5.78 Å². The SMILES string of the molecule is COc1cc(N2CCC(N3C=CC=COC3=O)CC2)c(C(C)=O)cc1Nc1ncc(Br)c(Nc2ccc3nccnc3c2P(C)(C)=O)n1. The number of piperidine rings is 1. The summed E-state index contributed by atoms with van der Waals surface area (Å²) in [7, 11) is -1.24. The molecule has 1 saturated heterocycles. The van der Waals surface area contributed by atoms with Crippen molar-refractivity contribution in [2.75, 3.05) is 49.1 Å². The van der Waals surface area contributed by atoms with Crippen molar-refractivity contribution < 1.29 is 23.6 Å². The molecular formula is C33H34BrN8O5P. The molecule has 2 N–H and O–H groups in total. The van der Waals surface area contributed by atoms with Crippen molar-refractivity contribution in [3.8, 4) is 5.75 Å². The van der Waals surface area contributed by atoms with Gasteiger partial charge in [0.2, 0.25) is 5.95 Å². The Kier molecular flexibility index (Phi) is 9.47. The molecule has 0 radical (unpaired) electrons. The van der Waals surface area contributed by atoms with E-state index in [1.807, 2.05) is 18.2 Å². The van der Waals surface area contributed by atoms with Crippen molar-refractivity contribution in [3.05, 3.63) is 77.5 Å². The number of aromatic nitrogens is 4. The molecule has 4 heterocycles. The fourth-order valence-corrected chi connectivity index (χ4v) is 7.56. The number of cyclic esters (lactones) is 1. The van der Waals surface area contributed by atoms with Gasteiger partial charge < -0.3 is 29.6 Å². The summed E-state index contributed by atoms with van der Waals surface area (Å²) >= 11 is 3.52. The second-order valence-corrected chi connectivity index (χ2v) is 15.7. The summed E-state index contributed by atoms with van der Waals surface area (Å²) < 4.78 is 24.9. The van der Waals surface area contributed by atoms with E-state index in [4.69, 9.17) is 9.47 Å². The zero-order chi connectivity index (χ0) is 34.0. The van der Waals surface area contributed by atoms with Crippen molar-refractivity contribution in [1.29, 1.82) is 0 Å². The maximum atomic E-state index is 13.4. The number of rotatable bonds is 9. The van der Waals surface area contributed by atoms with Gasteiger partial charge in [0.05, 0.1) is 45.7 Å². The van der Waals surface area contributed by atoms with Crippen molar-refractivity contribution in [1.82, 2.24) is 24.8 Å². The molecule has 1 fully saturated rings. The Bertz CT molecular complexity index is 2010. The largest absolute Gasteiger partial charge is 0.494 e. The van der Waals surface area contributed by atoms with Gasteiger partial charge in [-0.2, -0.15) is 4.98 Å². The molecule has 1 amide bonds. The van der Waals surface area contributed by atoms with Crippen LogP contribution in [0.5, 0.6) is 5.75 Å². The van der Waals surface area contributed by atoms with E-state index in [2.05, 4.69) is 51.4 Å². The quantitative estimate of drug-likeness (QED) is 0.141. The van der Waals surface area contributed by atoms with Crippen LogP contribution < -0.4 is 25.6 Å². The first kappa shape index (κ1) is 33.1. The molecule has 0 aliphatic carbocycles. The lowest BCUT2D eigenvalue weighted by molar-refractivity contribution is 0.101. The highest BCUT2D eigenvalue weighted by Gasteiger charge is 2.30. The molecule has 2 aromatic heterocycles. The number of methoxy groups -OCH3 is 1. The number of anilines is 5. The van der Waals surface area contributed by atoms with Gasteiger partial charge in [-0.25, -0.2) is 9.78 Å². The highest BCUT2D eigenvalue weighted by Crippen LogP contribution is 2.42. The predicted octanol–water partition coefficient (Wildman–Crippen LogP) is 6.58. The Hall–Kier alpha value is -4.81. The zero-order valence-corrected chi connectivity index (χ0v) is 29.3. The summed E-state index contributed by atoms with van der Waals surface area (Å²) in [6.45, 7) is 6.16. The highest BCUT2D eigenvalue weighted by molar-refractivity contribution is 9.10. The third-order valence-electron chi connectivity index (χ3n) is 8.11. The average molecular weight is 734 g/mol. The summed E-state index contributed by atoms with van der Waals surface area (Å²) in [5.41, 5.74) is 3.55. The molecule has 0 saturated carbocycles. The van der Waals surface area contributed by atoms with E-state index in [1.165, 1.54) is 13.2 Å². The molecule has 2 aliphatic heterocycles. The first-order valence-corrected chi connectivity index (χ1v) is 18.6. The predicted molar refractivity (Wildman–Crippen MR) is 190 cm³/mol. The lowest BCUT2D eigenvalue weighted by Gasteiger charge is -2.38. The number of halogens is 1.